The maximum absolute atomic E-state index is 14.5. The van der Waals surface area contributed by atoms with Gasteiger partial charge in [0.2, 0.25) is 0 Å². The first-order valence-electron chi connectivity index (χ1n) is 7.94. The summed E-state index contributed by atoms with van der Waals surface area (Å²) < 4.78 is 39.6. The van der Waals surface area contributed by atoms with Crippen LogP contribution in [0.5, 0.6) is 11.5 Å². The van der Waals surface area contributed by atoms with Gasteiger partial charge in [-0.1, -0.05) is 30.4 Å². The van der Waals surface area contributed by atoms with Crippen molar-refractivity contribution in [1.82, 2.24) is 0 Å². The second-order valence-electron chi connectivity index (χ2n) is 5.54. The molecule has 0 aromatic heterocycles. The molecule has 3 aromatic carbocycles. The van der Waals surface area contributed by atoms with Crippen LogP contribution in [0.3, 0.4) is 0 Å². The van der Waals surface area contributed by atoms with E-state index < -0.39 is 11.6 Å². The molecular formula is C21H18F2O2. The highest BCUT2D eigenvalue weighted by Crippen LogP contribution is 2.33. The van der Waals surface area contributed by atoms with E-state index in [4.69, 9.17) is 9.47 Å². The molecule has 0 saturated heterocycles. The lowest BCUT2D eigenvalue weighted by molar-refractivity contribution is 0.363. The van der Waals surface area contributed by atoms with Crippen LogP contribution in [0.15, 0.2) is 60.7 Å². The number of fused-ring (bicyclic) bond motifs is 1. The lowest BCUT2D eigenvalue weighted by atomic mass is 9.99. The molecule has 0 heterocycles. The highest BCUT2D eigenvalue weighted by atomic mass is 19.2. The van der Waals surface area contributed by atoms with Gasteiger partial charge in [-0.2, -0.15) is 0 Å². The molecule has 0 aliphatic rings. The molecule has 0 fully saturated rings. The average molecular weight is 340 g/mol. The van der Waals surface area contributed by atoms with Crippen molar-refractivity contribution in [2.75, 3.05) is 13.7 Å². The molecule has 0 amide bonds. The topological polar surface area (TPSA) is 18.5 Å². The summed E-state index contributed by atoms with van der Waals surface area (Å²) in [6.45, 7) is 2.38. The summed E-state index contributed by atoms with van der Waals surface area (Å²) in [6.07, 6.45) is 3.79. The molecule has 0 atom stereocenters. The van der Waals surface area contributed by atoms with Gasteiger partial charge in [0.25, 0.3) is 0 Å². The van der Waals surface area contributed by atoms with Crippen LogP contribution in [-0.4, -0.2) is 13.7 Å². The van der Waals surface area contributed by atoms with Gasteiger partial charge in [0.15, 0.2) is 11.6 Å². The molecule has 0 saturated carbocycles. The number of benzene rings is 3. The van der Waals surface area contributed by atoms with E-state index in [1.807, 2.05) is 19.1 Å². The SMILES string of the molecule is CC=CCOc1ccc(-c2cc3ccc(OC)cc3c(F)c2F)cc1. The normalized spacial score (nSPS) is 11.2. The average Bonchev–Trinajstić information content (AvgIpc) is 2.65. The molecule has 0 bridgehead atoms. The molecule has 3 aromatic rings. The van der Waals surface area contributed by atoms with Gasteiger partial charge in [-0.3, -0.25) is 0 Å². The zero-order valence-corrected chi connectivity index (χ0v) is 14.1. The molecule has 0 radical (unpaired) electrons. The monoisotopic (exact) mass is 340 g/mol. The summed E-state index contributed by atoms with van der Waals surface area (Å²) >= 11 is 0. The highest BCUT2D eigenvalue weighted by molar-refractivity contribution is 5.89. The molecule has 128 valence electrons. The summed E-state index contributed by atoms with van der Waals surface area (Å²) in [5.74, 6) is -0.586. The summed E-state index contributed by atoms with van der Waals surface area (Å²) in [5.41, 5.74) is 0.808. The minimum atomic E-state index is -0.875. The van der Waals surface area contributed by atoms with Crippen LogP contribution in [0.1, 0.15) is 6.92 Å². The van der Waals surface area contributed by atoms with E-state index in [0.29, 0.717) is 29.1 Å². The maximum Gasteiger partial charge on any atom is 0.167 e. The summed E-state index contributed by atoms with van der Waals surface area (Å²) in [4.78, 5) is 0. The van der Waals surface area contributed by atoms with Crippen molar-refractivity contribution in [1.29, 1.82) is 0 Å². The molecule has 3 rings (SSSR count). The number of ether oxygens (including phenoxy) is 2. The Morgan fingerprint density at radius 3 is 2.32 bits per heavy atom. The van der Waals surface area contributed by atoms with E-state index in [9.17, 15) is 8.78 Å². The Labute approximate surface area is 145 Å². The first-order chi connectivity index (χ1) is 12.1. The first-order valence-corrected chi connectivity index (χ1v) is 7.94. The molecule has 0 unspecified atom stereocenters. The number of halogens is 2. The fourth-order valence-electron chi connectivity index (χ4n) is 2.61. The number of rotatable bonds is 5. The van der Waals surface area contributed by atoms with E-state index in [-0.39, 0.29) is 10.9 Å². The molecule has 4 heteroatoms. The van der Waals surface area contributed by atoms with Crippen molar-refractivity contribution in [3.8, 4) is 22.6 Å². The zero-order chi connectivity index (χ0) is 17.8. The van der Waals surface area contributed by atoms with Crippen LogP contribution >= 0.6 is 0 Å². The van der Waals surface area contributed by atoms with Crippen molar-refractivity contribution in [2.45, 2.75) is 6.92 Å². The molecule has 25 heavy (non-hydrogen) atoms. The van der Waals surface area contributed by atoms with Gasteiger partial charge < -0.3 is 9.47 Å². The standard InChI is InChI=1S/C21H18F2O2/c1-3-4-11-25-16-8-5-14(6-9-16)18-12-15-7-10-17(24-2)13-19(15)21(23)20(18)22/h3-10,12-13H,11H2,1-2H3. The van der Waals surface area contributed by atoms with E-state index in [2.05, 4.69) is 0 Å². The van der Waals surface area contributed by atoms with Crippen molar-refractivity contribution < 1.29 is 18.3 Å². The van der Waals surface area contributed by atoms with Gasteiger partial charge in [0.1, 0.15) is 18.1 Å². The first kappa shape index (κ1) is 17.0. The minimum absolute atomic E-state index is 0.201. The second kappa shape index (κ2) is 7.34. The fraction of sp³-hybridized carbons (Fsp3) is 0.143. The Bertz CT molecular complexity index is 915. The second-order valence-corrected chi connectivity index (χ2v) is 5.54. The molecule has 0 aliphatic carbocycles. The number of methoxy groups -OCH3 is 1. The highest BCUT2D eigenvalue weighted by Gasteiger charge is 2.15. The Morgan fingerprint density at radius 2 is 1.64 bits per heavy atom. The van der Waals surface area contributed by atoms with Gasteiger partial charge in [0.05, 0.1) is 7.11 Å². The number of hydrogen-bond donors (Lipinski definition) is 0. The van der Waals surface area contributed by atoms with E-state index in [1.165, 1.54) is 13.2 Å². The van der Waals surface area contributed by atoms with Crippen LogP contribution in [-0.2, 0) is 0 Å². The minimum Gasteiger partial charge on any atom is -0.497 e. The van der Waals surface area contributed by atoms with Gasteiger partial charge in [-0.05, 0) is 48.2 Å². The van der Waals surface area contributed by atoms with Crippen LogP contribution in [0.25, 0.3) is 21.9 Å². The Kier molecular flexibility index (Phi) is 4.98. The molecule has 0 aliphatic heterocycles. The molecular weight excluding hydrogens is 322 g/mol. The Hall–Kier alpha value is -2.88. The third kappa shape index (κ3) is 3.48. The predicted molar refractivity (Wildman–Crippen MR) is 96.2 cm³/mol. The van der Waals surface area contributed by atoms with Crippen LogP contribution in [0, 0.1) is 11.6 Å². The van der Waals surface area contributed by atoms with Crippen molar-refractivity contribution in [2.24, 2.45) is 0 Å². The zero-order valence-electron chi connectivity index (χ0n) is 14.1. The lowest BCUT2D eigenvalue weighted by Gasteiger charge is -2.10. The van der Waals surface area contributed by atoms with E-state index >= 15 is 0 Å². The van der Waals surface area contributed by atoms with Gasteiger partial charge in [-0.15, -0.1) is 0 Å². The van der Waals surface area contributed by atoms with Crippen molar-refractivity contribution >= 4 is 10.8 Å². The third-order valence-corrected chi connectivity index (χ3v) is 3.97. The summed E-state index contributed by atoms with van der Waals surface area (Å²) in [6, 6.07) is 13.5. The lowest BCUT2D eigenvalue weighted by Crippen LogP contribution is -1.95. The van der Waals surface area contributed by atoms with Crippen LogP contribution in [0.2, 0.25) is 0 Å². The van der Waals surface area contributed by atoms with E-state index in [1.54, 1.807) is 42.5 Å². The maximum atomic E-state index is 14.5. The van der Waals surface area contributed by atoms with Gasteiger partial charge >= 0.3 is 0 Å². The molecule has 0 N–H and O–H groups in total. The largest absolute Gasteiger partial charge is 0.497 e. The Morgan fingerprint density at radius 1 is 0.920 bits per heavy atom. The van der Waals surface area contributed by atoms with E-state index in [0.717, 1.165) is 0 Å². The third-order valence-electron chi connectivity index (χ3n) is 3.97. The quantitative estimate of drug-likeness (QED) is 0.551. The molecule has 0 spiro atoms. The van der Waals surface area contributed by atoms with Crippen molar-refractivity contribution in [3.63, 3.8) is 0 Å². The van der Waals surface area contributed by atoms with Crippen LogP contribution < -0.4 is 9.47 Å². The Balaban J connectivity index is 1.99. The number of allylic oxidation sites excluding steroid dienone is 1. The smallest absolute Gasteiger partial charge is 0.167 e. The van der Waals surface area contributed by atoms with Gasteiger partial charge in [-0.25, -0.2) is 8.78 Å². The molecule has 2 nitrogen and oxygen atoms in total. The van der Waals surface area contributed by atoms with Crippen LogP contribution in [0.4, 0.5) is 8.78 Å². The van der Waals surface area contributed by atoms with Gasteiger partial charge in [0, 0.05) is 10.9 Å². The fourth-order valence-corrected chi connectivity index (χ4v) is 2.61. The predicted octanol–water partition coefficient (Wildman–Crippen LogP) is 5.75. The summed E-state index contributed by atoms with van der Waals surface area (Å²) in [7, 11) is 1.49. The summed E-state index contributed by atoms with van der Waals surface area (Å²) in [5, 5.41) is 0.815. The number of hydrogen-bond acceptors (Lipinski definition) is 2. The van der Waals surface area contributed by atoms with Crippen molar-refractivity contribution in [3.05, 3.63) is 72.3 Å².